The third-order valence-electron chi connectivity index (χ3n) is 4.55. The molecule has 0 aliphatic carbocycles. The van der Waals surface area contributed by atoms with Gasteiger partial charge in [-0.05, 0) is 37.1 Å². The van der Waals surface area contributed by atoms with Gasteiger partial charge in [-0.25, -0.2) is 4.98 Å². The van der Waals surface area contributed by atoms with E-state index in [-0.39, 0.29) is 0 Å². The Labute approximate surface area is 127 Å². The van der Waals surface area contributed by atoms with Crippen LogP contribution in [0.25, 0.3) is 0 Å². The number of piperidine rings is 1. The second kappa shape index (κ2) is 7.20. The number of aromatic nitrogens is 1. The van der Waals surface area contributed by atoms with Crippen LogP contribution in [0.5, 0.6) is 0 Å². The van der Waals surface area contributed by atoms with Crippen LogP contribution in [0, 0.1) is 0 Å². The number of anilines is 1. The van der Waals surface area contributed by atoms with Crippen LogP contribution in [0.1, 0.15) is 24.8 Å². The summed E-state index contributed by atoms with van der Waals surface area (Å²) in [5.41, 5.74) is 7.07. The van der Waals surface area contributed by atoms with Crippen LogP contribution < -0.4 is 5.73 Å². The van der Waals surface area contributed by atoms with Gasteiger partial charge in [-0.15, -0.1) is 0 Å². The molecule has 2 fully saturated rings. The lowest BCUT2D eigenvalue weighted by molar-refractivity contribution is 0.0153. The summed E-state index contributed by atoms with van der Waals surface area (Å²) in [6.45, 7) is 7.27. The van der Waals surface area contributed by atoms with E-state index >= 15 is 0 Å². The number of hydrogen-bond donors (Lipinski definition) is 1. The zero-order chi connectivity index (χ0) is 14.5. The molecule has 5 nitrogen and oxygen atoms in total. The van der Waals surface area contributed by atoms with Crippen molar-refractivity contribution < 1.29 is 4.74 Å². The quantitative estimate of drug-likeness (QED) is 0.907. The van der Waals surface area contributed by atoms with Crippen LogP contribution in [0.3, 0.4) is 0 Å². The Hall–Kier alpha value is -1.17. The molecule has 0 bridgehead atoms. The van der Waals surface area contributed by atoms with Crippen molar-refractivity contribution in [2.24, 2.45) is 0 Å². The SMILES string of the molecule is Nc1cc(CN2CCCC[C@@H]2CN2CCOCC2)ccn1. The van der Waals surface area contributed by atoms with Gasteiger partial charge in [0.2, 0.25) is 0 Å². The largest absolute Gasteiger partial charge is 0.384 e. The molecule has 3 rings (SSSR count). The highest BCUT2D eigenvalue weighted by Gasteiger charge is 2.25. The number of nitrogen functional groups attached to an aromatic ring is 1. The number of morpholine rings is 1. The van der Waals surface area contributed by atoms with E-state index in [4.69, 9.17) is 10.5 Å². The summed E-state index contributed by atoms with van der Waals surface area (Å²) in [6, 6.07) is 4.74. The third-order valence-corrected chi connectivity index (χ3v) is 4.55. The molecule has 2 saturated heterocycles. The van der Waals surface area contributed by atoms with E-state index in [1.54, 1.807) is 0 Å². The molecular formula is C16H26N4O. The van der Waals surface area contributed by atoms with E-state index in [1.807, 2.05) is 12.3 Å². The first-order chi connectivity index (χ1) is 10.3. The second-order valence-corrected chi connectivity index (χ2v) is 6.12. The molecule has 5 heteroatoms. The lowest BCUT2D eigenvalue weighted by Crippen LogP contribution is -2.49. The number of pyridine rings is 1. The highest BCUT2D eigenvalue weighted by molar-refractivity contribution is 5.31. The molecule has 2 aliphatic heterocycles. The molecule has 1 atom stereocenters. The van der Waals surface area contributed by atoms with Crippen molar-refractivity contribution in [3.8, 4) is 0 Å². The van der Waals surface area contributed by atoms with Gasteiger partial charge in [0.15, 0.2) is 0 Å². The first-order valence-electron chi connectivity index (χ1n) is 8.06. The molecule has 0 amide bonds. The molecule has 1 aromatic rings. The smallest absolute Gasteiger partial charge is 0.123 e. The van der Waals surface area contributed by atoms with Crippen LogP contribution in [0.4, 0.5) is 5.82 Å². The van der Waals surface area contributed by atoms with Gasteiger partial charge in [0.25, 0.3) is 0 Å². The van der Waals surface area contributed by atoms with Gasteiger partial charge in [-0.1, -0.05) is 6.42 Å². The average molecular weight is 290 g/mol. The van der Waals surface area contributed by atoms with E-state index in [0.29, 0.717) is 11.9 Å². The van der Waals surface area contributed by atoms with Gasteiger partial charge in [-0.3, -0.25) is 9.80 Å². The predicted molar refractivity (Wildman–Crippen MR) is 84.0 cm³/mol. The maximum absolute atomic E-state index is 5.80. The summed E-state index contributed by atoms with van der Waals surface area (Å²) in [5, 5.41) is 0. The van der Waals surface area contributed by atoms with Crippen LogP contribution >= 0.6 is 0 Å². The lowest BCUT2D eigenvalue weighted by Gasteiger charge is -2.39. The molecule has 0 aromatic carbocycles. The highest BCUT2D eigenvalue weighted by atomic mass is 16.5. The zero-order valence-corrected chi connectivity index (χ0v) is 12.7. The molecule has 2 aliphatic rings. The molecule has 0 unspecified atom stereocenters. The Bertz CT molecular complexity index is 448. The Morgan fingerprint density at radius 3 is 2.90 bits per heavy atom. The fraction of sp³-hybridized carbons (Fsp3) is 0.688. The van der Waals surface area contributed by atoms with Crippen molar-refractivity contribution in [1.29, 1.82) is 0 Å². The molecule has 0 saturated carbocycles. The summed E-state index contributed by atoms with van der Waals surface area (Å²) in [4.78, 5) is 9.25. The Morgan fingerprint density at radius 2 is 2.10 bits per heavy atom. The van der Waals surface area contributed by atoms with Crippen molar-refractivity contribution in [3.05, 3.63) is 23.9 Å². The van der Waals surface area contributed by atoms with Gasteiger partial charge in [0.05, 0.1) is 13.2 Å². The zero-order valence-electron chi connectivity index (χ0n) is 12.7. The molecule has 1 aromatic heterocycles. The van der Waals surface area contributed by atoms with E-state index < -0.39 is 0 Å². The molecule has 21 heavy (non-hydrogen) atoms. The Kier molecular flexibility index (Phi) is 5.06. The summed E-state index contributed by atoms with van der Waals surface area (Å²) in [7, 11) is 0. The van der Waals surface area contributed by atoms with Gasteiger partial charge >= 0.3 is 0 Å². The third kappa shape index (κ3) is 4.15. The highest BCUT2D eigenvalue weighted by Crippen LogP contribution is 2.21. The van der Waals surface area contributed by atoms with Gasteiger partial charge in [0.1, 0.15) is 5.82 Å². The normalized spacial score (nSPS) is 25.0. The second-order valence-electron chi connectivity index (χ2n) is 6.12. The van der Waals surface area contributed by atoms with Gasteiger partial charge < -0.3 is 10.5 Å². The molecular weight excluding hydrogens is 264 g/mol. The molecule has 0 radical (unpaired) electrons. The standard InChI is InChI=1S/C16H26N4O/c17-16-11-14(4-5-18-16)12-20-6-2-1-3-15(20)13-19-7-9-21-10-8-19/h4-5,11,15H,1-3,6-10,12-13H2,(H2,17,18)/t15-/m1/s1. The van der Waals surface area contributed by atoms with E-state index in [9.17, 15) is 0 Å². The number of nitrogens with two attached hydrogens (primary N) is 1. The number of nitrogens with zero attached hydrogens (tertiary/aromatic N) is 3. The minimum Gasteiger partial charge on any atom is -0.384 e. The summed E-state index contributed by atoms with van der Waals surface area (Å²) in [5.74, 6) is 0.620. The summed E-state index contributed by atoms with van der Waals surface area (Å²) < 4.78 is 5.45. The van der Waals surface area contributed by atoms with E-state index in [0.717, 1.165) is 32.8 Å². The fourth-order valence-electron chi connectivity index (χ4n) is 3.38. The van der Waals surface area contributed by atoms with Crippen molar-refractivity contribution in [1.82, 2.24) is 14.8 Å². The number of likely N-dealkylation sites (tertiary alicyclic amines) is 1. The minimum absolute atomic E-state index is 0.620. The van der Waals surface area contributed by atoms with Crippen LogP contribution in [-0.4, -0.2) is 60.2 Å². The maximum Gasteiger partial charge on any atom is 0.123 e. The Balaban J connectivity index is 1.60. The van der Waals surface area contributed by atoms with Crippen LogP contribution in [0.2, 0.25) is 0 Å². The molecule has 116 valence electrons. The first-order valence-corrected chi connectivity index (χ1v) is 8.06. The Morgan fingerprint density at radius 1 is 1.24 bits per heavy atom. The fourth-order valence-corrected chi connectivity index (χ4v) is 3.38. The van der Waals surface area contributed by atoms with Crippen molar-refractivity contribution in [3.63, 3.8) is 0 Å². The van der Waals surface area contributed by atoms with Crippen molar-refractivity contribution in [2.75, 3.05) is 45.1 Å². The van der Waals surface area contributed by atoms with E-state index in [2.05, 4.69) is 20.9 Å². The monoisotopic (exact) mass is 290 g/mol. The number of rotatable bonds is 4. The van der Waals surface area contributed by atoms with Crippen LogP contribution in [0.15, 0.2) is 18.3 Å². The number of hydrogen-bond acceptors (Lipinski definition) is 5. The van der Waals surface area contributed by atoms with Crippen molar-refractivity contribution in [2.45, 2.75) is 31.8 Å². The van der Waals surface area contributed by atoms with Gasteiger partial charge in [0, 0.05) is 38.4 Å². The van der Waals surface area contributed by atoms with Gasteiger partial charge in [-0.2, -0.15) is 0 Å². The predicted octanol–water partition coefficient (Wildman–Crippen LogP) is 1.35. The summed E-state index contributed by atoms with van der Waals surface area (Å²) >= 11 is 0. The van der Waals surface area contributed by atoms with Crippen LogP contribution in [-0.2, 0) is 11.3 Å². The lowest BCUT2D eigenvalue weighted by atomic mass is 10.0. The maximum atomic E-state index is 5.80. The minimum atomic E-state index is 0.620. The first kappa shape index (κ1) is 14.8. The molecule has 2 N–H and O–H groups in total. The number of ether oxygens (including phenoxy) is 1. The molecule has 0 spiro atoms. The molecule has 3 heterocycles. The van der Waals surface area contributed by atoms with E-state index in [1.165, 1.54) is 37.9 Å². The topological polar surface area (TPSA) is 54.6 Å². The summed E-state index contributed by atoms with van der Waals surface area (Å²) in [6.07, 6.45) is 5.77. The van der Waals surface area contributed by atoms with Crippen molar-refractivity contribution >= 4 is 5.82 Å². The average Bonchev–Trinajstić information content (AvgIpc) is 2.50.